The van der Waals surface area contributed by atoms with E-state index in [2.05, 4.69) is 10.1 Å². The largest absolute Gasteiger partial charge is 0.497 e. The number of hydrogen-bond donors (Lipinski definition) is 0. The molecule has 3 amide bonds. The van der Waals surface area contributed by atoms with Gasteiger partial charge in [-0.2, -0.15) is 4.98 Å². The van der Waals surface area contributed by atoms with Gasteiger partial charge < -0.3 is 14.2 Å². The minimum Gasteiger partial charge on any atom is -0.497 e. The third-order valence-corrected chi connectivity index (χ3v) is 6.32. The fraction of sp³-hybridized carbons (Fsp3) is 0.522. The van der Waals surface area contributed by atoms with Crippen molar-refractivity contribution < 1.29 is 23.6 Å². The van der Waals surface area contributed by atoms with Crippen molar-refractivity contribution in [1.82, 2.24) is 19.9 Å². The van der Waals surface area contributed by atoms with Crippen LogP contribution in [0.3, 0.4) is 0 Å². The lowest BCUT2D eigenvalue weighted by molar-refractivity contribution is -0.140. The zero-order valence-corrected chi connectivity index (χ0v) is 18.5. The molecule has 170 valence electrons. The Labute approximate surface area is 186 Å². The van der Waals surface area contributed by atoms with Gasteiger partial charge >= 0.3 is 0 Å². The first-order chi connectivity index (χ1) is 15.5. The fourth-order valence-electron chi connectivity index (χ4n) is 4.50. The lowest BCUT2D eigenvalue weighted by atomic mass is 9.81. The average molecular weight is 441 g/mol. The van der Waals surface area contributed by atoms with Gasteiger partial charge in [-0.1, -0.05) is 18.0 Å². The number of rotatable bonds is 8. The summed E-state index contributed by atoms with van der Waals surface area (Å²) >= 11 is 0. The van der Waals surface area contributed by atoms with Crippen molar-refractivity contribution in [3.8, 4) is 17.1 Å². The van der Waals surface area contributed by atoms with E-state index in [9.17, 15) is 14.4 Å². The molecular weight excluding hydrogens is 412 g/mol. The summed E-state index contributed by atoms with van der Waals surface area (Å²) in [6.45, 7) is 0.486. The van der Waals surface area contributed by atoms with Crippen LogP contribution in [0.1, 0.15) is 44.4 Å². The molecule has 32 heavy (non-hydrogen) atoms. The maximum Gasteiger partial charge on any atom is 0.246 e. The molecule has 2 aliphatic rings. The first-order valence-electron chi connectivity index (χ1n) is 11.0. The topological polar surface area (TPSA) is 106 Å². The standard InChI is InChI=1S/C23H28N4O5/c1-26(14-19-24-21(25-32-19)15-9-11-16(31-2)12-10-15)20(28)8-5-13-27-22(29)17-6-3-4-7-18(17)23(27)30/h9-12,17-18H,3-8,13-14H2,1-2H3/t17-,18+. The van der Waals surface area contributed by atoms with Gasteiger partial charge in [-0.15, -0.1) is 0 Å². The van der Waals surface area contributed by atoms with Crippen molar-refractivity contribution >= 4 is 17.7 Å². The Morgan fingerprint density at radius 1 is 1.16 bits per heavy atom. The van der Waals surface area contributed by atoms with Crippen molar-refractivity contribution in [1.29, 1.82) is 0 Å². The second-order valence-corrected chi connectivity index (χ2v) is 8.42. The monoisotopic (exact) mass is 440 g/mol. The van der Waals surface area contributed by atoms with Gasteiger partial charge in [-0.05, 0) is 43.5 Å². The molecule has 1 saturated heterocycles. The minimum absolute atomic E-state index is 0.0579. The smallest absolute Gasteiger partial charge is 0.246 e. The number of likely N-dealkylation sites (tertiary alicyclic amines) is 1. The lowest BCUT2D eigenvalue weighted by Crippen LogP contribution is -2.33. The molecule has 1 aromatic heterocycles. The third kappa shape index (κ3) is 4.51. The molecule has 1 aromatic carbocycles. The zero-order valence-electron chi connectivity index (χ0n) is 18.5. The van der Waals surface area contributed by atoms with Crippen molar-refractivity contribution in [2.45, 2.75) is 45.1 Å². The van der Waals surface area contributed by atoms with Gasteiger partial charge in [0.2, 0.25) is 29.4 Å². The number of fused-ring (bicyclic) bond motifs is 1. The number of carbonyl (C=O) groups is 3. The Morgan fingerprint density at radius 2 is 1.81 bits per heavy atom. The molecule has 4 rings (SSSR count). The number of hydrogen-bond acceptors (Lipinski definition) is 7. The average Bonchev–Trinajstić information content (AvgIpc) is 3.37. The molecule has 2 aromatic rings. The van der Waals surface area contributed by atoms with Crippen LogP contribution in [0.2, 0.25) is 0 Å². The fourth-order valence-corrected chi connectivity index (χ4v) is 4.50. The van der Waals surface area contributed by atoms with E-state index in [0.717, 1.165) is 37.0 Å². The highest BCUT2D eigenvalue weighted by Gasteiger charge is 2.47. The Hall–Kier alpha value is -3.23. The van der Waals surface area contributed by atoms with Gasteiger partial charge in [0, 0.05) is 25.6 Å². The Balaban J connectivity index is 1.26. The van der Waals surface area contributed by atoms with Crippen LogP contribution in [0.25, 0.3) is 11.4 Å². The van der Waals surface area contributed by atoms with Crippen molar-refractivity contribution in [2.75, 3.05) is 20.7 Å². The second kappa shape index (κ2) is 9.50. The number of aromatic nitrogens is 2. The molecule has 2 fully saturated rings. The molecule has 0 bridgehead atoms. The Kier molecular flexibility index (Phi) is 6.53. The van der Waals surface area contributed by atoms with E-state index in [0.29, 0.717) is 24.7 Å². The Morgan fingerprint density at radius 3 is 2.44 bits per heavy atom. The number of benzene rings is 1. The van der Waals surface area contributed by atoms with Crippen LogP contribution in [0, 0.1) is 11.8 Å². The van der Waals surface area contributed by atoms with E-state index in [1.54, 1.807) is 14.2 Å². The van der Waals surface area contributed by atoms with Crippen LogP contribution in [0.5, 0.6) is 5.75 Å². The number of methoxy groups -OCH3 is 1. The van der Waals surface area contributed by atoms with Gasteiger partial charge in [0.25, 0.3) is 0 Å². The first-order valence-corrected chi connectivity index (χ1v) is 11.0. The number of nitrogens with zero attached hydrogens (tertiary/aromatic N) is 4. The van der Waals surface area contributed by atoms with E-state index < -0.39 is 0 Å². The number of imide groups is 1. The van der Waals surface area contributed by atoms with Crippen LogP contribution < -0.4 is 4.74 Å². The quantitative estimate of drug-likeness (QED) is 0.581. The summed E-state index contributed by atoms with van der Waals surface area (Å²) < 4.78 is 10.4. The summed E-state index contributed by atoms with van der Waals surface area (Å²) in [6.07, 6.45) is 4.30. The van der Waals surface area contributed by atoms with Crippen molar-refractivity contribution in [3.05, 3.63) is 30.2 Å². The molecular formula is C23H28N4O5. The van der Waals surface area contributed by atoms with Crippen LogP contribution in [-0.2, 0) is 20.9 Å². The van der Waals surface area contributed by atoms with E-state index in [1.807, 2.05) is 24.3 Å². The van der Waals surface area contributed by atoms with Crippen molar-refractivity contribution in [2.24, 2.45) is 11.8 Å². The summed E-state index contributed by atoms with van der Waals surface area (Å²) in [5.41, 5.74) is 0.787. The molecule has 1 aliphatic carbocycles. The molecule has 0 unspecified atom stereocenters. The highest BCUT2D eigenvalue weighted by molar-refractivity contribution is 6.05. The summed E-state index contributed by atoms with van der Waals surface area (Å²) in [5, 5.41) is 3.97. The van der Waals surface area contributed by atoms with Gasteiger partial charge in [0.05, 0.1) is 25.5 Å². The van der Waals surface area contributed by atoms with Crippen LogP contribution in [-0.4, -0.2) is 58.4 Å². The maximum atomic E-state index is 12.5. The summed E-state index contributed by atoms with van der Waals surface area (Å²) in [4.78, 5) is 44.8. The molecule has 0 radical (unpaired) electrons. The van der Waals surface area contributed by atoms with Gasteiger partial charge in [-0.25, -0.2) is 0 Å². The first kappa shape index (κ1) is 22.0. The van der Waals surface area contributed by atoms with Gasteiger partial charge in [0.15, 0.2) is 0 Å². The SMILES string of the molecule is COc1ccc(-c2noc(CN(C)C(=O)CCCN3C(=O)[C@H]4CCCC[C@H]4C3=O)n2)cc1. The predicted molar refractivity (Wildman–Crippen MR) is 114 cm³/mol. The lowest BCUT2D eigenvalue weighted by Gasteiger charge is -2.19. The zero-order chi connectivity index (χ0) is 22.7. The van der Waals surface area contributed by atoms with E-state index in [1.165, 1.54) is 9.80 Å². The Bertz CT molecular complexity index is 963. The number of carbonyl (C=O) groups excluding carboxylic acids is 3. The molecule has 1 saturated carbocycles. The van der Waals surface area contributed by atoms with Crippen LogP contribution >= 0.6 is 0 Å². The normalized spacial score (nSPS) is 20.4. The summed E-state index contributed by atoms with van der Waals surface area (Å²) in [6, 6.07) is 7.29. The van der Waals surface area contributed by atoms with Crippen LogP contribution in [0.15, 0.2) is 28.8 Å². The van der Waals surface area contributed by atoms with Crippen molar-refractivity contribution in [3.63, 3.8) is 0 Å². The molecule has 9 nitrogen and oxygen atoms in total. The summed E-state index contributed by atoms with van der Waals surface area (Å²) in [7, 11) is 3.27. The number of amides is 3. The van der Waals surface area contributed by atoms with Crippen LogP contribution in [0.4, 0.5) is 0 Å². The van der Waals surface area contributed by atoms with E-state index in [4.69, 9.17) is 9.26 Å². The highest BCUT2D eigenvalue weighted by Crippen LogP contribution is 2.38. The van der Waals surface area contributed by atoms with E-state index in [-0.39, 0.29) is 42.5 Å². The maximum absolute atomic E-state index is 12.5. The molecule has 2 heterocycles. The van der Waals surface area contributed by atoms with Gasteiger partial charge in [-0.3, -0.25) is 19.3 Å². The molecule has 1 aliphatic heterocycles. The molecule has 9 heteroatoms. The molecule has 2 atom stereocenters. The predicted octanol–water partition coefficient (Wildman–Crippen LogP) is 2.66. The molecule has 0 spiro atoms. The van der Waals surface area contributed by atoms with E-state index >= 15 is 0 Å². The molecule has 0 N–H and O–H groups in total. The number of ether oxygens (including phenoxy) is 1. The van der Waals surface area contributed by atoms with Gasteiger partial charge in [0.1, 0.15) is 5.75 Å². The third-order valence-electron chi connectivity index (χ3n) is 6.32. The highest BCUT2D eigenvalue weighted by atomic mass is 16.5. The second-order valence-electron chi connectivity index (χ2n) is 8.42. The summed E-state index contributed by atoms with van der Waals surface area (Å²) in [5.74, 6) is 0.996. The minimum atomic E-state index is -0.146.